The van der Waals surface area contributed by atoms with Crippen LogP contribution in [0.15, 0.2) is 65.3 Å². The molecule has 0 aliphatic heterocycles. The Morgan fingerprint density at radius 2 is 1.96 bits per heavy atom. The second-order valence-electron chi connectivity index (χ2n) is 5.19. The van der Waals surface area contributed by atoms with Gasteiger partial charge in [0.05, 0.1) is 10.7 Å². The van der Waals surface area contributed by atoms with E-state index in [-0.39, 0.29) is 0 Å². The third-order valence-electron chi connectivity index (χ3n) is 3.58. The van der Waals surface area contributed by atoms with Gasteiger partial charge in [-0.1, -0.05) is 45.7 Å². The van der Waals surface area contributed by atoms with Crippen LogP contribution in [0.4, 0.5) is 0 Å². The number of ether oxygens (including phenoxy) is 1. The lowest BCUT2D eigenvalue weighted by Crippen LogP contribution is -2.00. The molecule has 0 amide bonds. The lowest BCUT2D eigenvalue weighted by Gasteiger charge is -2.14. The van der Waals surface area contributed by atoms with E-state index in [1.807, 2.05) is 42.5 Å². The van der Waals surface area contributed by atoms with E-state index < -0.39 is 0 Å². The number of hydrogen-bond acceptors (Lipinski definition) is 2. The quantitative estimate of drug-likeness (QED) is 0.542. The van der Waals surface area contributed by atoms with Crippen molar-refractivity contribution in [3.8, 4) is 17.0 Å². The molecule has 0 aliphatic rings. The van der Waals surface area contributed by atoms with Crippen molar-refractivity contribution >= 4 is 27.5 Å². The van der Waals surface area contributed by atoms with Crippen LogP contribution in [0.2, 0.25) is 5.02 Å². The highest BCUT2D eigenvalue weighted by Gasteiger charge is 2.12. The summed E-state index contributed by atoms with van der Waals surface area (Å²) >= 11 is 9.83. The van der Waals surface area contributed by atoms with E-state index in [1.165, 1.54) is 5.56 Å². The number of para-hydroxylation sites is 1. The Labute approximate surface area is 149 Å². The van der Waals surface area contributed by atoms with Gasteiger partial charge in [0.15, 0.2) is 0 Å². The van der Waals surface area contributed by atoms with Crippen LogP contribution in [0, 0.1) is 6.92 Å². The van der Waals surface area contributed by atoms with Crippen LogP contribution >= 0.6 is 27.5 Å². The molecule has 0 spiro atoms. The van der Waals surface area contributed by atoms with Crippen LogP contribution in [-0.2, 0) is 6.61 Å². The Kier molecular flexibility index (Phi) is 4.99. The van der Waals surface area contributed by atoms with Crippen LogP contribution in [0.3, 0.4) is 0 Å². The molecule has 1 aromatic heterocycles. The minimum absolute atomic E-state index is 0.461. The number of benzene rings is 2. The van der Waals surface area contributed by atoms with Crippen LogP contribution in [0.5, 0.6) is 5.75 Å². The number of nitrogens with zero attached hydrogens (tertiary/aromatic N) is 1. The number of pyridine rings is 1. The fourth-order valence-electron chi connectivity index (χ4n) is 2.35. The summed E-state index contributed by atoms with van der Waals surface area (Å²) in [6.07, 6.45) is 1.76. The Bertz CT molecular complexity index is 821. The molecule has 3 aromatic rings. The van der Waals surface area contributed by atoms with Crippen LogP contribution in [0.1, 0.15) is 11.1 Å². The van der Waals surface area contributed by atoms with E-state index in [1.54, 1.807) is 6.20 Å². The first kappa shape index (κ1) is 16.0. The number of aromatic nitrogens is 1. The van der Waals surface area contributed by atoms with Crippen molar-refractivity contribution in [2.24, 2.45) is 0 Å². The first-order chi connectivity index (χ1) is 11.1. The average molecular weight is 389 g/mol. The third-order valence-corrected chi connectivity index (χ3v) is 4.38. The van der Waals surface area contributed by atoms with E-state index in [4.69, 9.17) is 16.3 Å². The zero-order chi connectivity index (χ0) is 16.2. The van der Waals surface area contributed by atoms with Crippen LogP contribution < -0.4 is 4.74 Å². The molecule has 1 heterocycles. The topological polar surface area (TPSA) is 22.1 Å². The van der Waals surface area contributed by atoms with Crippen molar-refractivity contribution in [2.75, 3.05) is 0 Å². The molecule has 0 N–H and O–H groups in total. The van der Waals surface area contributed by atoms with Crippen molar-refractivity contribution in [3.05, 3.63) is 81.4 Å². The number of rotatable bonds is 4. The lowest BCUT2D eigenvalue weighted by molar-refractivity contribution is 0.307. The molecule has 23 heavy (non-hydrogen) atoms. The van der Waals surface area contributed by atoms with Gasteiger partial charge in [0, 0.05) is 16.2 Å². The van der Waals surface area contributed by atoms with Crippen molar-refractivity contribution in [1.29, 1.82) is 0 Å². The van der Waals surface area contributed by atoms with Gasteiger partial charge in [-0.05, 0) is 54.4 Å². The first-order valence-electron chi connectivity index (χ1n) is 7.23. The monoisotopic (exact) mass is 387 g/mol. The predicted molar refractivity (Wildman–Crippen MR) is 97.9 cm³/mol. The van der Waals surface area contributed by atoms with Gasteiger partial charge < -0.3 is 4.74 Å². The minimum Gasteiger partial charge on any atom is -0.487 e. The maximum absolute atomic E-state index is 6.35. The molecular weight excluding hydrogens is 374 g/mol. The Morgan fingerprint density at radius 3 is 2.70 bits per heavy atom. The summed E-state index contributed by atoms with van der Waals surface area (Å²) in [5.74, 6) is 0.662. The highest BCUT2D eigenvalue weighted by molar-refractivity contribution is 9.10. The summed E-state index contributed by atoms with van der Waals surface area (Å²) < 4.78 is 7.10. The Morgan fingerprint density at radius 1 is 1.09 bits per heavy atom. The molecule has 0 unspecified atom stereocenters. The van der Waals surface area contributed by atoms with Crippen LogP contribution in [0.25, 0.3) is 11.3 Å². The number of aryl methyl sites for hydroxylation is 1. The molecule has 116 valence electrons. The molecule has 0 aliphatic carbocycles. The molecule has 0 radical (unpaired) electrons. The standard InChI is InChI=1S/C19H15BrClNO/c1-13-11-15(20)9-8-14(13)12-23-19-16(5-4-6-17(19)21)18-7-2-3-10-22-18/h2-11H,12H2,1H3. The molecule has 0 saturated heterocycles. The Balaban J connectivity index is 1.91. The summed E-state index contributed by atoms with van der Waals surface area (Å²) in [5, 5.41) is 0.586. The van der Waals surface area contributed by atoms with Crippen molar-refractivity contribution in [3.63, 3.8) is 0 Å². The average Bonchev–Trinajstić information content (AvgIpc) is 2.56. The zero-order valence-corrected chi connectivity index (χ0v) is 14.9. The summed E-state index contributed by atoms with van der Waals surface area (Å²) in [4.78, 5) is 4.39. The normalized spacial score (nSPS) is 10.6. The van der Waals surface area contributed by atoms with Crippen molar-refractivity contribution < 1.29 is 4.74 Å². The maximum Gasteiger partial charge on any atom is 0.147 e. The fraction of sp³-hybridized carbons (Fsp3) is 0.105. The van der Waals surface area contributed by atoms with Gasteiger partial charge >= 0.3 is 0 Å². The molecule has 0 atom stereocenters. The lowest BCUT2D eigenvalue weighted by atomic mass is 10.1. The number of halogens is 2. The first-order valence-corrected chi connectivity index (χ1v) is 8.40. The third kappa shape index (κ3) is 3.74. The largest absolute Gasteiger partial charge is 0.487 e. The highest BCUT2D eigenvalue weighted by Crippen LogP contribution is 2.35. The SMILES string of the molecule is Cc1cc(Br)ccc1COc1c(Cl)cccc1-c1ccccn1. The van der Waals surface area contributed by atoms with E-state index in [0.717, 1.165) is 21.3 Å². The van der Waals surface area contributed by atoms with Gasteiger partial charge in [-0.25, -0.2) is 0 Å². The molecule has 0 fully saturated rings. The van der Waals surface area contributed by atoms with Gasteiger partial charge in [0.1, 0.15) is 12.4 Å². The van der Waals surface area contributed by atoms with E-state index in [2.05, 4.69) is 40.0 Å². The van der Waals surface area contributed by atoms with E-state index in [9.17, 15) is 0 Å². The van der Waals surface area contributed by atoms with Crippen molar-refractivity contribution in [2.45, 2.75) is 13.5 Å². The molecule has 0 saturated carbocycles. The summed E-state index contributed by atoms with van der Waals surface area (Å²) in [7, 11) is 0. The Hall–Kier alpha value is -1.84. The van der Waals surface area contributed by atoms with Gasteiger partial charge in [-0.3, -0.25) is 4.98 Å². The second kappa shape index (κ2) is 7.16. The van der Waals surface area contributed by atoms with Gasteiger partial charge in [0.25, 0.3) is 0 Å². The summed E-state index contributed by atoms with van der Waals surface area (Å²) in [6.45, 7) is 2.53. The van der Waals surface area contributed by atoms with E-state index in [0.29, 0.717) is 17.4 Å². The summed E-state index contributed by atoms with van der Waals surface area (Å²) in [6, 6.07) is 17.6. The summed E-state index contributed by atoms with van der Waals surface area (Å²) in [5.41, 5.74) is 4.04. The molecular formula is C19H15BrClNO. The van der Waals surface area contributed by atoms with E-state index >= 15 is 0 Å². The fourth-order valence-corrected chi connectivity index (χ4v) is 3.06. The molecule has 4 heteroatoms. The van der Waals surface area contributed by atoms with Crippen molar-refractivity contribution in [1.82, 2.24) is 4.98 Å². The predicted octanol–water partition coefficient (Wildman–Crippen LogP) is 6.05. The molecule has 0 bridgehead atoms. The second-order valence-corrected chi connectivity index (χ2v) is 6.51. The maximum atomic E-state index is 6.35. The van der Waals surface area contributed by atoms with Gasteiger partial charge in [-0.15, -0.1) is 0 Å². The zero-order valence-electron chi connectivity index (χ0n) is 12.6. The molecule has 3 rings (SSSR count). The molecule has 2 aromatic carbocycles. The minimum atomic E-state index is 0.461. The smallest absolute Gasteiger partial charge is 0.147 e. The highest BCUT2D eigenvalue weighted by atomic mass is 79.9. The van der Waals surface area contributed by atoms with Gasteiger partial charge in [-0.2, -0.15) is 0 Å². The van der Waals surface area contributed by atoms with Crippen LogP contribution in [-0.4, -0.2) is 4.98 Å². The van der Waals surface area contributed by atoms with Gasteiger partial charge in [0.2, 0.25) is 0 Å². The number of hydrogen-bond donors (Lipinski definition) is 0. The molecule has 2 nitrogen and oxygen atoms in total.